The van der Waals surface area contributed by atoms with Gasteiger partial charge in [0.25, 0.3) is 0 Å². The van der Waals surface area contributed by atoms with Crippen molar-refractivity contribution < 1.29 is 18.7 Å². The van der Waals surface area contributed by atoms with Crippen molar-refractivity contribution in [3.63, 3.8) is 0 Å². The molecule has 0 aliphatic carbocycles. The molecule has 0 radical (unpaired) electrons. The zero-order chi connectivity index (χ0) is 22.4. The summed E-state index contributed by atoms with van der Waals surface area (Å²) in [5, 5.41) is 13.5. The molecule has 31 heavy (non-hydrogen) atoms. The summed E-state index contributed by atoms with van der Waals surface area (Å²) < 4.78 is 30.5. The summed E-state index contributed by atoms with van der Waals surface area (Å²) in [6.07, 6.45) is 2.00. The topological polar surface area (TPSA) is 68.0 Å². The zero-order valence-electron chi connectivity index (χ0n) is 17.8. The number of aryl methyl sites for hydroxylation is 1. The van der Waals surface area contributed by atoms with Gasteiger partial charge in [-0.15, -0.1) is 5.10 Å². The predicted molar refractivity (Wildman–Crippen MR) is 115 cm³/mol. The van der Waals surface area contributed by atoms with Crippen molar-refractivity contribution in [2.45, 2.75) is 58.4 Å². The molecular formula is C24H27F2N3O2. The van der Waals surface area contributed by atoms with Crippen LogP contribution in [0.3, 0.4) is 0 Å². The summed E-state index contributed by atoms with van der Waals surface area (Å²) in [6, 6.07) is 14.2. The molecule has 3 aromatic rings. The third-order valence-corrected chi connectivity index (χ3v) is 5.14. The molecule has 0 spiro atoms. The second-order valence-corrected chi connectivity index (χ2v) is 7.61. The van der Waals surface area contributed by atoms with Gasteiger partial charge in [-0.05, 0) is 35.6 Å². The molecule has 0 aliphatic heterocycles. The lowest BCUT2D eigenvalue weighted by atomic mass is 9.98. The number of alkyl halides is 2. The lowest BCUT2D eigenvalue weighted by molar-refractivity contribution is -0.0246. The predicted octanol–water partition coefficient (Wildman–Crippen LogP) is 5.93. The normalized spacial score (nSPS) is 11.6. The first-order valence-corrected chi connectivity index (χ1v) is 10.6. The number of benzene rings is 2. The van der Waals surface area contributed by atoms with E-state index >= 15 is 0 Å². The Morgan fingerprint density at radius 1 is 1.06 bits per heavy atom. The minimum Gasteiger partial charge on any atom is -0.478 e. The molecule has 3 rings (SSSR count). The number of unbranched alkanes of at least 4 members (excludes halogenated alkanes) is 1. The monoisotopic (exact) mass is 427 g/mol. The van der Waals surface area contributed by atoms with Crippen LogP contribution >= 0.6 is 0 Å². The molecule has 1 heterocycles. The van der Waals surface area contributed by atoms with Gasteiger partial charge < -0.3 is 5.11 Å². The molecule has 0 amide bonds. The van der Waals surface area contributed by atoms with Gasteiger partial charge in [0, 0.05) is 19.4 Å². The number of halogens is 2. The van der Waals surface area contributed by atoms with Crippen molar-refractivity contribution in [3.8, 4) is 11.1 Å². The summed E-state index contributed by atoms with van der Waals surface area (Å²) in [5.41, 5.74) is 2.54. The molecule has 0 unspecified atom stereocenters. The minimum absolute atomic E-state index is 0.233. The Morgan fingerprint density at radius 3 is 2.42 bits per heavy atom. The Hall–Kier alpha value is -3.09. The number of nitrogens with zero attached hydrogens (tertiary/aromatic N) is 3. The van der Waals surface area contributed by atoms with E-state index in [0.29, 0.717) is 37.2 Å². The average molecular weight is 427 g/mol. The van der Waals surface area contributed by atoms with Crippen LogP contribution in [0.15, 0.2) is 48.5 Å². The van der Waals surface area contributed by atoms with Gasteiger partial charge in [-0.2, -0.15) is 8.78 Å². The number of rotatable bonds is 10. The molecular weight excluding hydrogens is 400 g/mol. The standard InChI is InChI=1S/C24H27F2N3O2/c1-3-5-14-24(25,26)23-27-21(29(28-23)15-4-2)16-17-10-12-18(13-11-17)19-8-6-7-9-20(19)22(30)31/h6-13H,3-5,14-16H2,1-2H3,(H,30,31). The summed E-state index contributed by atoms with van der Waals surface area (Å²) in [6.45, 7) is 4.37. The van der Waals surface area contributed by atoms with E-state index in [1.807, 2.05) is 38.1 Å². The average Bonchev–Trinajstić information content (AvgIpc) is 3.16. The number of aromatic nitrogens is 3. The van der Waals surface area contributed by atoms with E-state index < -0.39 is 17.7 Å². The smallest absolute Gasteiger partial charge is 0.336 e. The van der Waals surface area contributed by atoms with Crippen molar-refractivity contribution in [1.82, 2.24) is 14.8 Å². The van der Waals surface area contributed by atoms with Crippen molar-refractivity contribution in [1.29, 1.82) is 0 Å². The summed E-state index contributed by atoms with van der Waals surface area (Å²) in [5.74, 6) is -3.92. The molecule has 0 saturated carbocycles. The van der Waals surface area contributed by atoms with Gasteiger partial charge >= 0.3 is 11.9 Å². The van der Waals surface area contributed by atoms with Crippen LogP contribution in [0.4, 0.5) is 8.78 Å². The Bertz CT molecular complexity index is 1030. The van der Waals surface area contributed by atoms with Crippen molar-refractivity contribution in [2.75, 3.05) is 0 Å². The Kier molecular flexibility index (Phi) is 7.15. The number of hydrogen-bond donors (Lipinski definition) is 1. The molecule has 2 aromatic carbocycles. The lowest BCUT2D eigenvalue weighted by Gasteiger charge is -2.11. The largest absolute Gasteiger partial charge is 0.478 e. The molecule has 1 N–H and O–H groups in total. The SMILES string of the molecule is CCCCC(F)(F)c1nc(Cc2ccc(-c3ccccc3C(=O)O)cc2)n(CCC)n1. The van der Waals surface area contributed by atoms with Gasteiger partial charge in [-0.3, -0.25) is 0 Å². The molecule has 7 heteroatoms. The van der Waals surface area contributed by atoms with E-state index in [9.17, 15) is 18.7 Å². The minimum atomic E-state index is -3.03. The van der Waals surface area contributed by atoms with E-state index in [4.69, 9.17) is 0 Å². The Labute approximate surface area is 180 Å². The maximum absolute atomic E-state index is 14.5. The second kappa shape index (κ2) is 9.81. The number of carboxylic acids is 1. The van der Waals surface area contributed by atoms with Crippen LogP contribution in [0.5, 0.6) is 0 Å². The maximum atomic E-state index is 14.5. The molecule has 5 nitrogen and oxygen atoms in total. The van der Waals surface area contributed by atoms with Crippen LogP contribution in [0.2, 0.25) is 0 Å². The first-order chi connectivity index (χ1) is 14.9. The molecule has 1 aromatic heterocycles. The third kappa shape index (κ3) is 5.34. The van der Waals surface area contributed by atoms with Crippen LogP contribution in [0, 0.1) is 0 Å². The highest BCUT2D eigenvalue weighted by molar-refractivity contribution is 5.95. The highest BCUT2D eigenvalue weighted by Crippen LogP contribution is 2.31. The van der Waals surface area contributed by atoms with Gasteiger partial charge in [0.2, 0.25) is 5.82 Å². The van der Waals surface area contributed by atoms with E-state index in [2.05, 4.69) is 10.1 Å². The summed E-state index contributed by atoms with van der Waals surface area (Å²) in [4.78, 5) is 15.7. The van der Waals surface area contributed by atoms with E-state index in [1.165, 1.54) is 0 Å². The van der Waals surface area contributed by atoms with Gasteiger partial charge in [-0.1, -0.05) is 62.7 Å². The lowest BCUT2D eigenvalue weighted by Crippen LogP contribution is -2.16. The van der Waals surface area contributed by atoms with Crippen LogP contribution in [0.1, 0.15) is 67.1 Å². The fraction of sp³-hybridized carbons (Fsp3) is 0.375. The molecule has 164 valence electrons. The number of hydrogen-bond acceptors (Lipinski definition) is 3. The molecule has 0 aliphatic rings. The van der Waals surface area contributed by atoms with Crippen LogP contribution in [-0.4, -0.2) is 25.8 Å². The Balaban J connectivity index is 1.85. The zero-order valence-corrected chi connectivity index (χ0v) is 17.8. The van der Waals surface area contributed by atoms with Gasteiger partial charge in [0.15, 0.2) is 0 Å². The van der Waals surface area contributed by atoms with E-state index in [0.717, 1.165) is 17.5 Å². The van der Waals surface area contributed by atoms with Crippen LogP contribution in [0.25, 0.3) is 11.1 Å². The number of aromatic carboxylic acids is 1. The van der Waals surface area contributed by atoms with E-state index in [-0.39, 0.29) is 12.0 Å². The molecule has 0 saturated heterocycles. The van der Waals surface area contributed by atoms with Crippen LogP contribution < -0.4 is 0 Å². The van der Waals surface area contributed by atoms with Gasteiger partial charge in [-0.25, -0.2) is 14.5 Å². The first kappa shape index (κ1) is 22.6. The van der Waals surface area contributed by atoms with Crippen LogP contribution in [-0.2, 0) is 18.9 Å². The summed E-state index contributed by atoms with van der Waals surface area (Å²) >= 11 is 0. The van der Waals surface area contributed by atoms with E-state index in [1.54, 1.807) is 28.9 Å². The molecule has 0 atom stereocenters. The fourth-order valence-electron chi connectivity index (χ4n) is 3.47. The van der Waals surface area contributed by atoms with Gasteiger partial charge in [0.05, 0.1) is 5.56 Å². The molecule has 0 fully saturated rings. The number of carboxylic acid groups (broad SMARTS) is 1. The van der Waals surface area contributed by atoms with Gasteiger partial charge in [0.1, 0.15) is 5.82 Å². The maximum Gasteiger partial charge on any atom is 0.336 e. The second-order valence-electron chi connectivity index (χ2n) is 7.61. The fourth-order valence-corrected chi connectivity index (χ4v) is 3.47. The van der Waals surface area contributed by atoms with Crippen molar-refractivity contribution >= 4 is 5.97 Å². The van der Waals surface area contributed by atoms with Crippen molar-refractivity contribution in [2.24, 2.45) is 0 Å². The quantitative estimate of drug-likeness (QED) is 0.436. The first-order valence-electron chi connectivity index (χ1n) is 10.6. The number of carbonyl (C=O) groups is 1. The van der Waals surface area contributed by atoms with Crippen molar-refractivity contribution in [3.05, 3.63) is 71.3 Å². The third-order valence-electron chi connectivity index (χ3n) is 5.14. The highest BCUT2D eigenvalue weighted by Gasteiger charge is 2.36. The molecule has 0 bridgehead atoms. The summed E-state index contributed by atoms with van der Waals surface area (Å²) in [7, 11) is 0. The Morgan fingerprint density at radius 2 is 1.77 bits per heavy atom. The highest BCUT2D eigenvalue weighted by atomic mass is 19.3.